The Bertz CT molecular complexity index is 413. The zero-order chi connectivity index (χ0) is 14.2. The second-order valence-corrected chi connectivity index (χ2v) is 5.86. The van der Waals surface area contributed by atoms with Crippen LogP contribution in [0.4, 0.5) is 4.79 Å². The number of nitrogens with zero attached hydrogens (tertiary/aromatic N) is 1. The van der Waals surface area contributed by atoms with E-state index in [1.165, 1.54) is 5.06 Å². The van der Waals surface area contributed by atoms with Crippen LogP contribution in [-0.2, 0) is 14.4 Å². The zero-order valence-electron chi connectivity index (χ0n) is 11.7. The molecule has 0 aromatic rings. The highest BCUT2D eigenvalue weighted by atomic mass is 16.7. The Hall–Kier alpha value is -1.56. The van der Waals surface area contributed by atoms with E-state index in [1.807, 2.05) is 12.2 Å². The molecule has 0 radical (unpaired) electrons. The van der Waals surface area contributed by atoms with Gasteiger partial charge in [0.1, 0.15) is 17.7 Å². The van der Waals surface area contributed by atoms with Crippen LogP contribution in [0.15, 0.2) is 12.2 Å². The van der Waals surface area contributed by atoms with Crippen LogP contribution in [0.5, 0.6) is 0 Å². The molecule has 2 aliphatic rings. The number of ether oxygens (including phenoxy) is 1. The van der Waals surface area contributed by atoms with Gasteiger partial charge in [0.2, 0.25) is 0 Å². The summed E-state index contributed by atoms with van der Waals surface area (Å²) in [5, 5.41) is 3.86. The number of fused-ring (bicyclic) bond motifs is 2. The van der Waals surface area contributed by atoms with E-state index in [-0.39, 0.29) is 18.1 Å². The first-order chi connectivity index (χ1) is 8.76. The number of carbonyl (C=O) groups is 2. The normalized spacial score (nSPS) is 26.4. The Kier molecular flexibility index (Phi) is 3.54. The number of hydroxylamine groups is 2. The Morgan fingerprint density at radius 3 is 2.58 bits per heavy atom. The molecular weight excluding hydrogens is 248 g/mol. The van der Waals surface area contributed by atoms with Gasteiger partial charge in [-0.25, -0.2) is 9.86 Å². The predicted molar refractivity (Wildman–Crippen MR) is 68.1 cm³/mol. The lowest BCUT2D eigenvalue weighted by Crippen LogP contribution is -2.49. The standard InChI is InChI=1S/C13H20N2O4/c1-8(14-12(17)18-13(2,3)4)11(16)15-9-5-6-10(7-9)19-15/h5-6,8-10H,7H2,1-4H3,(H,14,17)/t8-,9-,10+/m1/s1. The fraction of sp³-hybridized carbons (Fsp3) is 0.692. The third-order valence-corrected chi connectivity index (χ3v) is 2.89. The van der Waals surface area contributed by atoms with Gasteiger partial charge in [0.05, 0.1) is 6.04 Å². The fourth-order valence-corrected chi connectivity index (χ4v) is 2.08. The van der Waals surface area contributed by atoms with Crippen LogP contribution in [0.1, 0.15) is 34.1 Å². The summed E-state index contributed by atoms with van der Waals surface area (Å²) in [4.78, 5) is 29.2. The summed E-state index contributed by atoms with van der Waals surface area (Å²) in [5.74, 6) is -0.261. The highest BCUT2D eigenvalue weighted by Crippen LogP contribution is 2.29. The summed E-state index contributed by atoms with van der Waals surface area (Å²) < 4.78 is 5.11. The monoisotopic (exact) mass is 268 g/mol. The SMILES string of the molecule is C[C@@H](NC(=O)OC(C)(C)C)C(=O)N1O[C@H]2C=C[C@@H]1C2. The number of amides is 2. The van der Waals surface area contributed by atoms with Gasteiger partial charge in [0, 0.05) is 6.42 Å². The Balaban J connectivity index is 1.86. The molecule has 3 atom stereocenters. The third kappa shape index (κ3) is 3.26. The number of hydrogen-bond acceptors (Lipinski definition) is 4. The van der Waals surface area contributed by atoms with Gasteiger partial charge in [0.25, 0.3) is 5.91 Å². The lowest BCUT2D eigenvalue weighted by Gasteiger charge is -2.27. The topological polar surface area (TPSA) is 67.9 Å². The van der Waals surface area contributed by atoms with Crippen molar-refractivity contribution in [3.63, 3.8) is 0 Å². The number of rotatable bonds is 2. The van der Waals surface area contributed by atoms with Gasteiger partial charge in [-0.15, -0.1) is 0 Å². The molecule has 0 unspecified atom stereocenters. The van der Waals surface area contributed by atoms with Crippen molar-refractivity contribution in [1.82, 2.24) is 10.4 Å². The largest absolute Gasteiger partial charge is 0.444 e. The minimum Gasteiger partial charge on any atom is -0.444 e. The van der Waals surface area contributed by atoms with Gasteiger partial charge in [-0.05, 0) is 27.7 Å². The molecule has 6 nitrogen and oxygen atoms in total. The minimum absolute atomic E-state index is 0.0114. The molecule has 0 saturated carbocycles. The first kappa shape index (κ1) is 13.9. The molecule has 1 saturated heterocycles. The molecule has 0 aromatic carbocycles. The summed E-state index contributed by atoms with van der Waals surface area (Å²) in [6.45, 7) is 6.93. The van der Waals surface area contributed by atoms with Crippen LogP contribution in [-0.4, -0.2) is 40.9 Å². The molecule has 19 heavy (non-hydrogen) atoms. The molecule has 1 aliphatic heterocycles. The molecule has 2 bridgehead atoms. The molecule has 6 heteroatoms. The van der Waals surface area contributed by atoms with Crippen molar-refractivity contribution in [2.24, 2.45) is 0 Å². The first-order valence-electron chi connectivity index (χ1n) is 6.44. The molecular formula is C13H20N2O4. The number of hydrogen-bond donors (Lipinski definition) is 1. The summed E-state index contributed by atoms with van der Waals surface area (Å²) in [7, 11) is 0. The van der Waals surface area contributed by atoms with Gasteiger partial charge in [-0.2, -0.15) is 0 Å². The van der Waals surface area contributed by atoms with Crippen molar-refractivity contribution < 1.29 is 19.2 Å². The van der Waals surface area contributed by atoms with E-state index in [0.717, 1.165) is 6.42 Å². The maximum atomic E-state index is 12.1. The highest BCUT2D eigenvalue weighted by Gasteiger charge is 2.40. The van der Waals surface area contributed by atoms with Crippen LogP contribution in [0.25, 0.3) is 0 Å². The van der Waals surface area contributed by atoms with E-state index < -0.39 is 17.7 Å². The molecule has 2 rings (SSSR count). The van der Waals surface area contributed by atoms with Gasteiger partial charge in [-0.1, -0.05) is 12.2 Å². The molecule has 106 valence electrons. The van der Waals surface area contributed by atoms with Crippen molar-refractivity contribution >= 4 is 12.0 Å². The van der Waals surface area contributed by atoms with E-state index in [0.29, 0.717) is 0 Å². The number of carbonyl (C=O) groups excluding carboxylic acids is 2. The van der Waals surface area contributed by atoms with Crippen LogP contribution in [0.2, 0.25) is 0 Å². The third-order valence-electron chi connectivity index (χ3n) is 2.89. The Morgan fingerprint density at radius 2 is 2.11 bits per heavy atom. The smallest absolute Gasteiger partial charge is 0.408 e. The van der Waals surface area contributed by atoms with E-state index >= 15 is 0 Å². The predicted octanol–water partition coefficient (Wildman–Crippen LogP) is 1.37. The van der Waals surface area contributed by atoms with Crippen LogP contribution in [0, 0.1) is 0 Å². The Labute approximate surface area is 112 Å². The fourth-order valence-electron chi connectivity index (χ4n) is 2.08. The molecule has 1 heterocycles. The van der Waals surface area contributed by atoms with E-state index in [9.17, 15) is 9.59 Å². The van der Waals surface area contributed by atoms with Crippen molar-refractivity contribution in [3.8, 4) is 0 Å². The van der Waals surface area contributed by atoms with E-state index in [2.05, 4.69) is 5.32 Å². The first-order valence-corrected chi connectivity index (χ1v) is 6.44. The van der Waals surface area contributed by atoms with Crippen molar-refractivity contribution in [2.75, 3.05) is 0 Å². The Morgan fingerprint density at radius 1 is 1.42 bits per heavy atom. The minimum atomic E-state index is -0.678. The molecule has 1 N–H and O–H groups in total. The van der Waals surface area contributed by atoms with Gasteiger partial charge >= 0.3 is 6.09 Å². The summed E-state index contributed by atoms with van der Waals surface area (Å²) in [6.07, 6.45) is 4.08. The molecule has 0 aromatic heterocycles. The van der Waals surface area contributed by atoms with Gasteiger partial charge < -0.3 is 10.1 Å². The van der Waals surface area contributed by atoms with Gasteiger partial charge in [-0.3, -0.25) is 9.63 Å². The van der Waals surface area contributed by atoms with E-state index in [1.54, 1.807) is 27.7 Å². The lowest BCUT2D eigenvalue weighted by molar-refractivity contribution is -0.184. The number of alkyl carbamates (subject to hydrolysis) is 1. The maximum absolute atomic E-state index is 12.1. The van der Waals surface area contributed by atoms with Crippen LogP contribution >= 0.6 is 0 Å². The summed E-state index contributed by atoms with van der Waals surface area (Å²) in [5.41, 5.74) is -0.585. The highest BCUT2D eigenvalue weighted by molar-refractivity contribution is 5.85. The summed E-state index contributed by atoms with van der Waals surface area (Å²) >= 11 is 0. The molecule has 2 amide bonds. The van der Waals surface area contributed by atoms with E-state index in [4.69, 9.17) is 9.57 Å². The molecule has 0 spiro atoms. The molecule has 1 fully saturated rings. The number of nitrogens with one attached hydrogen (secondary N) is 1. The van der Waals surface area contributed by atoms with Crippen LogP contribution < -0.4 is 5.32 Å². The second-order valence-electron chi connectivity index (χ2n) is 5.86. The quantitative estimate of drug-likeness (QED) is 0.768. The lowest BCUT2D eigenvalue weighted by atomic mass is 10.2. The molecule has 1 aliphatic carbocycles. The van der Waals surface area contributed by atoms with Crippen molar-refractivity contribution in [3.05, 3.63) is 12.2 Å². The van der Waals surface area contributed by atoms with Crippen molar-refractivity contribution in [1.29, 1.82) is 0 Å². The van der Waals surface area contributed by atoms with Gasteiger partial charge in [0.15, 0.2) is 0 Å². The van der Waals surface area contributed by atoms with Crippen molar-refractivity contribution in [2.45, 2.75) is 57.9 Å². The zero-order valence-corrected chi connectivity index (χ0v) is 11.7. The maximum Gasteiger partial charge on any atom is 0.408 e. The second kappa shape index (κ2) is 4.85. The average Bonchev–Trinajstić information content (AvgIpc) is 2.86. The average molecular weight is 268 g/mol. The summed E-state index contributed by atoms with van der Waals surface area (Å²) in [6, 6.07) is -0.692. The van der Waals surface area contributed by atoms with Crippen LogP contribution in [0.3, 0.4) is 0 Å².